The first-order valence-electron chi connectivity index (χ1n) is 7.09. The van der Waals surface area contributed by atoms with Crippen molar-refractivity contribution in [3.8, 4) is 11.5 Å². The fourth-order valence-corrected chi connectivity index (χ4v) is 3.19. The number of hydrogen-bond acceptors (Lipinski definition) is 5. The van der Waals surface area contributed by atoms with Crippen LogP contribution in [0.5, 0.6) is 0 Å². The molecule has 0 aromatic carbocycles. The zero-order valence-electron chi connectivity index (χ0n) is 12.0. The van der Waals surface area contributed by atoms with Gasteiger partial charge in [0.15, 0.2) is 5.82 Å². The van der Waals surface area contributed by atoms with Crippen LogP contribution in [0.2, 0.25) is 0 Å². The third kappa shape index (κ3) is 1.85. The quantitative estimate of drug-likeness (QED) is 0.860. The molecule has 21 heavy (non-hydrogen) atoms. The van der Waals surface area contributed by atoms with Crippen molar-refractivity contribution in [2.75, 3.05) is 13.2 Å². The predicted molar refractivity (Wildman–Crippen MR) is 73.7 cm³/mol. The van der Waals surface area contributed by atoms with Gasteiger partial charge in [-0.25, -0.2) is 9.97 Å². The number of fused-ring (bicyclic) bond motifs is 1. The molecule has 0 spiro atoms. The number of rotatable bonds is 2. The number of aliphatic hydroxyl groups excluding tert-OH is 1. The number of aryl methyl sites for hydroxylation is 1. The van der Waals surface area contributed by atoms with Crippen LogP contribution >= 0.6 is 0 Å². The summed E-state index contributed by atoms with van der Waals surface area (Å²) in [6.45, 7) is 2.81. The minimum atomic E-state index is -0.536. The van der Waals surface area contributed by atoms with E-state index in [0.717, 1.165) is 17.3 Å². The summed E-state index contributed by atoms with van der Waals surface area (Å²) in [6.07, 6.45) is 4.64. The minimum absolute atomic E-state index is 0.0276. The first kappa shape index (κ1) is 13.0. The van der Waals surface area contributed by atoms with Gasteiger partial charge in [-0.3, -0.25) is 0 Å². The van der Waals surface area contributed by atoms with E-state index in [1.807, 2.05) is 30.9 Å². The van der Waals surface area contributed by atoms with Crippen LogP contribution in [0, 0.1) is 6.92 Å². The van der Waals surface area contributed by atoms with Gasteiger partial charge < -0.3 is 23.7 Å². The van der Waals surface area contributed by atoms with Crippen molar-refractivity contribution in [3.05, 3.63) is 24.4 Å². The summed E-state index contributed by atoms with van der Waals surface area (Å²) in [5.41, 5.74) is 0.958. The van der Waals surface area contributed by atoms with Crippen LogP contribution in [0.25, 0.3) is 11.5 Å². The van der Waals surface area contributed by atoms with Crippen molar-refractivity contribution in [3.63, 3.8) is 0 Å². The second-order valence-electron chi connectivity index (χ2n) is 5.64. The van der Waals surface area contributed by atoms with Crippen LogP contribution < -0.4 is 0 Å². The molecule has 4 atom stereocenters. The monoisotopic (exact) mass is 290 g/mol. The summed E-state index contributed by atoms with van der Waals surface area (Å²) >= 11 is 0. The Kier molecular flexibility index (Phi) is 2.88. The third-order valence-electron chi connectivity index (χ3n) is 4.48. The first-order chi connectivity index (χ1) is 10.2. The van der Waals surface area contributed by atoms with Gasteiger partial charge in [0.05, 0.1) is 25.5 Å². The number of ether oxygens (including phenoxy) is 2. The largest absolute Gasteiger partial charge is 0.388 e. The van der Waals surface area contributed by atoms with Crippen LogP contribution in [-0.2, 0) is 16.5 Å². The Balaban J connectivity index is 1.72. The lowest BCUT2D eigenvalue weighted by Crippen LogP contribution is -2.30. The Morgan fingerprint density at radius 2 is 2.05 bits per heavy atom. The fourth-order valence-electron chi connectivity index (χ4n) is 3.19. The molecule has 4 heterocycles. The molecular formula is C14H18N4O3. The highest BCUT2D eigenvalue weighted by Crippen LogP contribution is 2.36. The van der Waals surface area contributed by atoms with Gasteiger partial charge in [-0.15, -0.1) is 0 Å². The number of aromatic nitrogens is 4. The number of imidazole rings is 2. The molecule has 2 saturated heterocycles. The maximum atomic E-state index is 9.86. The molecule has 0 unspecified atom stereocenters. The molecule has 0 amide bonds. The summed E-state index contributed by atoms with van der Waals surface area (Å²) in [7, 11) is 1.97. The highest BCUT2D eigenvalue weighted by atomic mass is 16.6. The maximum absolute atomic E-state index is 9.86. The van der Waals surface area contributed by atoms with E-state index in [9.17, 15) is 5.11 Å². The zero-order chi connectivity index (χ0) is 14.6. The van der Waals surface area contributed by atoms with Crippen molar-refractivity contribution in [2.45, 2.75) is 31.3 Å². The van der Waals surface area contributed by atoms with E-state index < -0.39 is 6.10 Å². The van der Waals surface area contributed by atoms with E-state index in [1.165, 1.54) is 0 Å². The highest BCUT2D eigenvalue weighted by molar-refractivity contribution is 5.50. The molecule has 1 N–H and O–H groups in total. The number of aliphatic hydroxyl groups is 1. The van der Waals surface area contributed by atoms with E-state index in [2.05, 4.69) is 14.5 Å². The molecule has 7 nitrogen and oxygen atoms in total. The molecule has 2 aromatic heterocycles. The fraction of sp³-hybridized carbons (Fsp3) is 0.571. The zero-order valence-corrected chi connectivity index (χ0v) is 12.0. The predicted octanol–water partition coefficient (Wildman–Crippen LogP) is 0.292. The molecule has 112 valence electrons. The van der Waals surface area contributed by atoms with Crippen LogP contribution in [0.3, 0.4) is 0 Å². The molecule has 7 heteroatoms. The number of nitrogens with zero attached hydrogens (tertiary/aromatic N) is 4. The molecule has 0 saturated carbocycles. The lowest BCUT2D eigenvalue weighted by molar-refractivity contribution is 0.0172. The van der Waals surface area contributed by atoms with Crippen LogP contribution in [-0.4, -0.2) is 55.7 Å². The summed E-state index contributed by atoms with van der Waals surface area (Å²) in [6, 6.07) is 0.0276. The van der Waals surface area contributed by atoms with E-state index in [4.69, 9.17) is 9.47 Å². The molecule has 0 bridgehead atoms. The number of hydrogen-bond donors (Lipinski definition) is 1. The standard InChI is InChI=1S/C14H18N4O3/c1-8-16-5-9(17(8)2)14-15-3-4-18(14)10-6-20-13-11(19)7-21-12(10)13/h3-5,10-13,19H,6-7H2,1-2H3/t10-,11-,12-,13-/m1/s1. The molecule has 2 aliphatic heterocycles. The topological polar surface area (TPSA) is 74.3 Å². The van der Waals surface area contributed by atoms with Gasteiger partial charge in [0, 0.05) is 19.4 Å². The minimum Gasteiger partial charge on any atom is -0.388 e. The van der Waals surface area contributed by atoms with Gasteiger partial charge in [0.25, 0.3) is 0 Å². The Hall–Kier alpha value is -1.70. The SMILES string of the molecule is Cc1ncc(-c2nccn2[C@@H]2CO[C@H]3[C@@H]2OC[C@H]3O)n1C. The normalized spacial score (nSPS) is 31.8. The molecular weight excluding hydrogens is 272 g/mol. The summed E-state index contributed by atoms with van der Waals surface area (Å²) in [4.78, 5) is 8.79. The average Bonchev–Trinajstić information content (AvgIpc) is 3.19. The first-order valence-corrected chi connectivity index (χ1v) is 7.09. The van der Waals surface area contributed by atoms with Crippen molar-refractivity contribution in [1.29, 1.82) is 0 Å². The van der Waals surface area contributed by atoms with Gasteiger partial charge >= 0.3 is 0 Å². The second-order valence-corrected chi connectivity index (χ2v) is 5.64. The Bertz CT molecular complexity index is 665. The van der Waals surface area contributed by atoms with Crippen molar-refractivity contribution >= 4 is 0 Å². The van der Waals surface area contributed by atoms with Crippen LogP contribution in [0.4, 0.5) is 0 Å². The Morgan fingerprint density at radius 3 is 2.81 bits per heavy atom. The van der Waals surface area contributed by atoms with Gasteiger partial charge in [-0.1, -0.05) is 0 Å². The Labute approximate surface area is 122 Å². The molecule has 0 aliphatic carbocycles. The highest BCUT2D eigenvalue weighted by Gasteiger charge is 2.48. The van der Waals surface area contributed by atoms with Crippen molar-refractivity contribution in [1.82, 2.24) is 19.1 Å². The molecule has 2 aromatic rings. The van der Waals surface area contributed by atoms with Gasteiger partial charge in [-0.2, -0.15) is 0 Å². The maximum Gasteiger partial charge on any atom is 0.158 e. The van der Waals surface area contributed by atoms with E-state index in [0.29, 0.717) is 13.2 Å². The molecule has 0 radical (unpaired) electrons. The van der Waals surface area contributed by atoms with E-state index in [-0.39, 0.29) is 18.2 Å². The van der Waals surface area contributed by atoms with Gasteiger partial charge in [0.2, 0.25) is 0 Å². The summed E-state index contributed by atoms with van der Waals surface area (Å²) in [5.74, 6) is 1.78. The van der Waals surface area contributed by atoms with Crippen LogP contribution in [0.1, 0.15) is 11.9 Å². The summed E-state index contributed by atoms with van der Waals surface area (Å²) < 4.78 is 15.5. The van der Waals surface area contributed by atoms with Crippen LogP contribution in [0.15, 0.2) is 18.6 Å². The molecule has 4 rings (SSSR count). The van der Waals surface area contributed by atoms with Crippen molar-refractivity contribution in [2.24, 2.45) is 7.05 Å². The summed E-state index contributed by atoms with van der Waals surface area (Å²) in [5, 5.41) is 9.86. The average molecular weight is 290 g/mol. The molecule has 2 aliphatic rings. The third-order valence-corrected chi connectivity index (χ3v) is 4.48. The van der Waals surface area contributed by atoms with Crippen molar-refractivity contribution < 1.29 is 14.6 Å². The smallest absolute Gasteiger partial charge is 0.158 e. The second kappa shape index (κ2) is 4.66. The van der Waals surface area contributed by atoms with Gasteiger partial charge in [-0.05, 0) is 6.92 Å². The van der Waals surface area contributed by atoms with E-state index in [1.54, 1.807) is 6.20 Å². The van der Waals surface area contributed by atoms with E-state index >= 15 is 0 Å². The van der Waals surface area contributed by atoms with Gasteiger partial charge in [0.1, 0.15) is 29.8 Å². The lowest BCUT2D eigenvalue weighted by Gasteiger charge is -2.19. The molecule has 2 fully saturated rings. The Morgan fingerprint density at radius 1 is 1.24 bits per heavy atom. The lowest BCUT2D eigenvalue weighted by atomic mass is 10.1.